The summed E-state index contributed by atoms with van der Waals surface area (Å²) in [4.78, 5) is 2.28. The summed E-state index contributed by atoms with van der Waals surface area (Å²) >= 11 is 6.28. The maximum Gasteiger partial charge on any atom is 0.151 e. The Morgan fingerprint density at radius 2 is 1.64 bits per heavy atom. The van der Waals surface area contributed by atoms with Crippen molar-refractivity contribution in [3.05, 3.63) is 76.3 Å². The lowest BCUT2D eigenvalue weighted by Crippen LogP contribution is -2.17. The molecule has 2 aromatic carbocycles. The number of benzene rings is 2. The van der Waals surface area contributed by atoms with E-state index >= 15 is 0 Å². The van der Waals surface area contributed by atoms with E-state index in [1.165, 1.54) is 29.7 Å². The lowest BCUT2D eigenvalue weighted by Gasteiger charge is -2.28. The summed E-state index contributed by atoms with van der Waals surface area (Å²) < 4.78 is 2.31. The van der Waals surface area contributed by atoms with Crippen LogP contribution >= 0.6 is 11.6 Å². The molecule has 0 N–H and O–H groups in total. The van der Waals surface area contributed by atoms with Gasteiger partial charge in [-0.3, -0.25) is 9.47 Å². The average molecular weight is 393 g/mol. The third-order valence-corrected chi connectivity index (χ3v) is 6.49. The van der Waals surface area contributed by atoms with Crippen LogP contribution in [0.25, 0.3) is 5.69 Å². The minimum Gasteiger partial charge on any atom is -0.295 e. The molecule has 0 amide bonds. The number of rotatable bonds is 2. The van der Waals surface area contributed by atoms with E-state index in [2.05, 4.69) is 69.2 Å². The molecule has 0 atom stereocenters. The minimum atomic E-state index is 0.466. The van der Waals surface area contributed by atoms with Gasteiger partial charge >= 0.3 is 0 Å². The number of aromatic nitrogens is 3. The Bertz CT molecular complexity index is 974. The molecule has 0 unspecified atom stereocenters. The van der Waals surface area contributed by atoms with E-state index in [0.717, 1.165) is 42.6 Å². The first-order valence-electron chi connectivity index (χ1n) is 10.2. The maximum absolute atomic E-state index is 6.28. The van der Waals surface area contributed by atoms with Gasteiger partial charge in [0.2, 0.25) is 0 Å². The Morgan fingerprint density at radius 3 is 2.43 bits per heavy atom. The quantitative estimate of drug-likeness (QED) is 0.592. The summed E-state index contributed by atoms with van der Waals surface area (Å²) in [5.74, 6) is 3.29. The highest BCUT2D eigenvalue weighted by Crippen LogP contribution is 2.41. The summed E-state index contributed by atoms with van der Waals surface area (Å²) in [6.07, 6.45) is 4.75. The van der Waals surface area contributed by atoms with Gasteiger partial charge in [0.1, 0.15) is 5.82 Å². The summed E-state index contributed by atoms with van der Waals surface area (Å²) in [6, 6.07) is 17.1. The van der Waals surface area contributed by atoms with Crippen molar-refractivity contribution < 1.29 is 0 Å². The zero-order chi connectivity index (χ0) is 19.1. The fourth-order valence-electron chi connectivity index (χ4n) is 4.86. The molecule has 144 valence electrons. The molecule has 0 bridgehead atoms. The summed E-state index contributed by atoms with van der Waals surface area (Å²) in [7, 11) is 2.12. The van der Waals surface area contributed by atoms with Crippen molar-refractivity contribution in [2.75, 3.05) is 7.05 Å². The first-order valence-corrected chi connectivity index (χ1v) is 10.5. The minimum absolute atomic E-state index is 0.466. The zero-order valence-electron chi connectivity index (χ0n) is 16.2. The Morgan fingerprint density at radius 1 is 0.893 bits per heavy atom. The molecular formula is C23H25ClN4. The number of halogens is 1. The fraction of sp³-hybridized carbons (Fsp3) is 0.391. The molecule has 1 fully saturated rings. The zero-order valence-corrected chi connectivity index (χ0v) is 16.9. The Hall–Kier alpha value is -2.17. The molecule has 5 rings (SSSR count). The van der Waals surface area contributed by atoms with Gasteiger partial charge in [-0.05, 0) is 68.0 Å². The summed E-state index contributed by atoms with van der Waals surface area (Å²) in [5.41, 5.74) is 3.91. The fourth-order valence-corrected chi connectivity index (χ4v) is 5.05. The predicted octanol–water partition coefficient (Wildman–Crippen LogP) is 5.31. The third-order valence-electron chi connectivity index (χ3n) is 6.25. The van der Waals surface area contributed by atoms with Crippen LogP contribution in [0.2, 0.25) is 5.02 Å². The van der Waals surface area contributed by atoms with Gasteiger partial charge in [0.25, 0.3) is 0 Å². The van der Waals surface area contributed by atoms with Crippen LogP contribution in [0.15, 0.2) is 48.5 Å². The average Bonchev–Trinajstić information content (AvgIpc) is 3.06. The van der Waals surface area contributed by atoms with Gasteiger partial charge in [0, 0.05) is 17.5 Å². The first kappa shape index (κ1) is 17.9. The van der Waals surface area contributed by atoms with Gasteiger partial charge in [-0.25, -0.2) is 0 Å². The predicted molar refractivity (Wildman–Crippen MR) is 112 cm³/mol. The second kappa shape index (κ2) is 7.34. The molecule has 5 heteroatoms. The molecule has 28 heavy (non-hydrogen) atoms. The molecule has 1 aromatic heterocycles. The highest BCUT2D eigenvalue weighted by Gasteiger charge is 2.30. The molecule has 1 saturated carbocycles. The highest BCUT2D eigenvalue weighted by atomic mass is 35.5. The normalized spacial score (nSPS) is 22.4. The van der Waals surface area contributed by atoms with Gasteiger partial charge in [-0.2, -0.15) is 0 Å². The van der Waals surface area contributed by atoms with Crippen molar-refractivity contribution in [2.45, 2.75) is 50.6 Å². The van der Waals surface area contributed by atoms with E-state index in [-0.39, 0.29) is 0 Å². The van der Waals surface area contributed by atoms with Gasteiger partial charge in [0.05, 0.1) is 12.2 Å². The first-order chi connectivity index (χ1) is 13.7. The maximum atomic E-state index is 6.28. The largest absolute Gasteiger partial charge is 0.295 e. The van der Waals surface area contributed by atoms with Crippen LogP contribution < -0.4 is 0 Å². The molecule has 0 spiro atoms. The molecular weight excluding hydrogens is 368 g/mol. The smallest absolute Gasteiger partial charge is 0.151 e. The van der Waals surface area contributed by atoms with Gasteiger partial charge in [0.15, 0.2) is 5.82 Å². The van der Waals surface area contributed by atoms with Crippen LogP contribution in [-0.4, -0.2) is 26.7 Å². The lowest BCUT2D eigenvalue weighted by molar-refractivity contribution is 0.315. The van der Waals surface area contributed by atoms with Crippen molar-refractivity contribution in [1.82, 2.24) is 19.7 Å². The van der Waals surface area contributed by atoms with Gasteiger partial charge in [-0.1, -0.05) is 41.9 Å². The lowest BCUT2D eigenvalue weighted by atomic mass is 9.78. The van der Waals surface area contributed by atoms with Gasteiger partial charge < -0.3 is 0 Å². The van der Waals surface area contributed by atoms with E-state index < -0.39 is 0 Å². The van der Waals surface area contributed by atoms with Crippen LogP contribution in [0.1, 0.15) is 60.3 Å². The van der Waals surface area contributed by atoms with Crippen LogP contribution in [-0.2, 0) is 13.1 Å². The number of fused-ring (bicyclic) bond motifs is 3. The van der Waals surface area contributed by atoms with Crippen LogP contribution in [0, 0.1) is 0 Å². The van der Waals surface area contributed by atoms with Crippen molar-refractivity contribution in [3.63, 3.8) is 0 Å². The Balaban J connectivity index is 1.45. The summed E-state index contributed by atoms with van der Waals surface area (Å²) in [6.45, 7) is 1.68. The van der Waals surface area contributed by atoms with E-state index in [9.17, 15) is 0 Å². The molecule has 4 nitrogen and oxygen atoms in total. The topological polar surface area (TPSA) is 34.0 Å². The molecule has 0 saturated heterocycles. The molecule has 1 aliphatic heterocycles. The standard InChI is InChI=1S/C23H25ClN4/c1-27-14-19-13-20(24)11-12-21(19)28-22(15-27)25-26-23(28)18-9-7-17(8-10-18)16-5-3-2-4-6-16/h2-6,11-13,17-18H,7-10,14-15H2,1H3/t17-,18-. The number of hydrogen-bond donors (Lipinski definition) is 0. The highest BCUT2D eigenvalue weighted by molar-refractivity contribution is 6.30. The van der Waals surface area contributed by atoms with Crippen molar-refractivity contribution in [2.24, 2.45) is 0 Å². The SMILES string of the molecule is CN1Cc2cc(Cl)ccc2-n2c(nnc2[C@H]2CC[C@H](c3ccccc3)CC2)C1. The van der Waals surface area contributed by atoms with Crippen LogP contribution in [0.3, 0.4) is 0 Å². The summed E-state index contributed by atoms with van der Waals surface area (Å²) in [5, 5.41) is 10.0. The molecule has 3 aromatic rings. The Kier molecular flexibility index (Phi) is 4.69. The van der Waals surface area contributed by atoms with Crippen molar-refractivity contribution in [1.29, 1.82) is 0 Å². The molecule has 0 radical (unpaired) electrons. The monoisotopic (exact) mass is 392 g/mol. The van der Waals surface area contributed by atoms with Gasteiger partial charge in [-0.15, -0.1) is 10.2 Å². The van der Waals surface area contributed by atoms with E-state index in [4.69, 9.17) is 11.6 Å². The molecule has 2 heterocycles. The Labute approximate surface area is 171 Å². The molecule has 1 aliphatic carbocycles. The van der Waals surface area contributed by atoms with Crippen molar-refractivity contribution in [3.8, 4) is 5.69 Å². The number of nitrogens with zero attached hydrogens (tertiary/aromatic N) is 4. The second-order valence-corrected chi connectivity index (χ2v) is 8.65. The van der Waals surface area contributed by atoms with E-state index in [1.54, 1.807) is 0 Å². The van der Waals surface area contributed by atoms with Crippen LogP contribution in [0.4, 0.5) is 0 Å². The van der Waals surface area contributed by atoms with E-state index in [1.807, 2.05) is 6.07 Å². The second-order valence-electron chi connectivity index (χ2n) is 8.21. The van der Waals surface area contributed by atoms with Crippen LogP contribution in [0.5, 0.6) is 0 Å². The number of hydrogen-bond acceptors (Lipinski definition) is 3. The molecule has 2 aliphatic rings. The third kappa shape index (κ3) is 3.25. The van der Waals surface area contributed by atoms with E-state index in [0.29, 0.717) is 11.8 Å². The van der Waals surface area contributed by atoms with Crippen molar-refractivity contribution >= 4 is 11.6 Å².